The van der Waals surface area contributed by atoms with Gasteiger partial charge in [-0.25, -0.2) is 0 Å². The molecule has 2 aromatic carbocycles. The monoisotopic (exact) mass is 280 g/mol. The SMILES string of the molecule is C=CCc1ccc2c(c1O)C(=O)c1c(O)cccc1C2=O. The molecule has 0 spiro atoms. The Morgan fingerprint density at radius 1 is 0.952 bits per heavy atom. The summed E-state index contributed by atoms with van der Waals surface area (Å²) in [6, 6.07) is 7.48. The molecule has 0 atom stereocenters. The number of hydrogen-bond donors (Lipinski definition) is 2. The Kier molecular flexibility index (Phi) is 2.87. The summed E-state index contributed by atoms with van der Waals surface area (Å²) in [6.45, 7) is 3.59. The molecule has 0 heterocycles. The maximum atomic E-state index is 12.6. The Hall–Kier alpha value is -2.88. The topological polar surface area (TPSA) is 74.6 Å². The molecule has 0 radical (unpaired) electrons. The highest BCUT2D eigenvalue weighted by Gasteiger charge is 2.34. The van der Waals surface area contributed by atoms with E-state index in [0.717, 1.165) is 0 Å². The Balaban J connectivity index is 2.31. The predicted molar refractivity (Wildman–Crippen MR) is 77.0 cm³/mol. The molecule has 1 aliphatic carbocycles. The number of phenolic OH excluding ortho intramolecular Hbond substituents is 2. The minimum Gasteiger partial charge on any atom is -0.507 e. The van der Waals surface area contributed by atoms with E-state index < -0.39 is 5.78 Å². The number of fused-ring (bicyclic) bond motifs is 2. The van der Waals surface area contributed by atoms with Gasteiger partial charge in [0.2, 0.25) is 5.78 Å². The first-order valence-electron chi connectivity index (χ1n) is 6.43. The van der Waals surface area contributed by atoms with Crippen molar-refractivity contribution in [1.82, 2.24) is 0 Å². The van der Waals surface area contributed by atoms with Gasteiger partial charge in [-0.05, 0) is 24.1 Å². The Labute approximate surface area is 121 Å². The third-order valence-corrected chi connectivity index (χ3v) is 3.61. The van der Waals surface area contributed by atoms with E-state index in [1.807, 2.05) is 0 Å². The van der Waals surface area contributed by atoms with Crippen molar-refractivity contribution in [2.45, 2.75) is 6.42 Å². The maximum Gasteiger partial charge on any atom is 0.201 e. The first kappa shape index (κ1) is 13.1. The zero-order valence-corrected chi connectivity index (χ0v) is 11.1. The van der Waals surface area contributed by atoms with Crippen LogP contribution >= 0.6 is 0 Å². The molecule has 21 heavy (non-hydrogen) atoms. The van der Waals surface area contributed by atoms with E-state index in [-0.39, 0.29) is 39.5 Å². The number of aromatic hydroxyl groups is 2. The zero-order chi connectivity index (χ0) is 15.1. The summed E-state index contributed by atoms with van der Waals surface area (Å²) in [4.78, 5) is 25.0. The highest BCUT2D eigenvalue weighted by atomic mass is 16.3. The summed E-state index contributed by atoms with van der Waals surface area (Å²) >= 11 is 0. The highest BCUT2D eigenvalue weighted by molar-refractivity contribution is 6.30. The van der Waals surface area contributed by atoms with Crippen LogP contribution in [0.2, 0.25) is 0 Å². The van der Waals surface area contributed by atoms with Gasteiger partial charge < -0.3 is 10.2 Å². The smallest absolute Gasteiger partial charge is 0.201 e. The summed E-state index contributed by atoms with van der Waals surface area (Å²) < 4.78 is 0. The van der Waals surface area contributed by atoms with E-state index in [0.29, 0.717) is 12.0 Å². The number of phenols is 2. The molecule has 0 saturated heterocycles. The third-order valence-electron chi connectivity index (χ3n) is 3.61. The van der Waals surface area contributed by atoms with Gasteiger partial charge in [0.1, 0.15) is 11.5 Å². The number of allylic oxidation sites excluding steroid dienone is 1. The molecule has 0 fully saturated rings. The van der Waals surface area contributed by atoms with Crippen LogP contribution in [0, 0.1) is 0 Å². The van der Waals surface area contributed by atoms with Crippen LogP contribution in [0.1, 0.15) is 37.4 Å². The number of rotatable bonds is 2. The van der Waals surface area contributed by atoms with Crippen LogP contribution in [0.4, 0.5) is 0 Å². The minimum absolute atomic E-state index is 0.0478. The van der Waals surface area contributed by atoms with Gasteiger partial charge in [0.15, 0.2) is 5.78 Å². The van der Waals surface area contributed by atoms with Crippen molar-refractivity contribution >= 4 is 11.6 Å². The normalized spacial score (nSPS) is 12.8. The number of benzene rings is 2. The van der Waals surface area contributed by atoms with E-state index in [1.54, 1.807) is 12.1 Å². The molecule has 0 amide bonds. The zero-order valence-electron chi connectivity index (χ0n) is 11.1. The molecule has 0 aromatic heterocycles. The van der Waals surface area contributed by atoms with Crippen molar-refractivity contribution in [1.29, 1.82) is 0 Å². The van der Waals surface area contributed by atoms with Gasteiger partial charge in [-0.15, -0.1) is 6.58 Å². The lowest BCUT2D eigenvalue weighted by Gasteiger charge is -2.20. The number of ketones is 2. The molecule has 0 unspecified atom stereocenters. The van der Waals surface area contributed by atoms with E-state index >= 15 is 0 Å². The first-order chi connectivity index (χ1) is 10.1. The van der Waals surface area contributed by atoms with Gasteiger partial charge in [-0.1, -0.05) is 24.3 Å². The predicted octanol–water partition coefficient (Wildman–Crippen LogP) is 2.60. The van der Waals surface area contributed by atoms with Gasteiger partial charge in [0, 0.05) is 11.1 Å². The Morgan fingerprint density at radius 2 is 1.67 bits per heavy atom. The molecule has 4 heteroatoms. The van der Waals surface area contributed by atoms with Crippen LogP contribution in [0.25, 0.3) is 0 Å². The summed E-state index contributed by atoms with van der Waals surface area (Å²) in [5.74, 6) is -1.40. The average molecular weight is 280 g/mol. The second-order valence-electron chi connectivity index (χ2n) is 4.85. The third kappa shape index (κ3) is 1.76. The molecule has 0 aliphatic heterocycles. The molecule has 3 rings (SSSR count). The lowest BCUT2D eigenvalue weighted by molar-refractivity contribution is 0.0974. The number of hydrogen-bond acceptors (Lipinski definition) is 4. The number of carbonyl (C=O) groups excluding carboxylic acids is 2. The Bertz CT molecular complexity index is 803. The van der Waals surface area contributed by atoms with Crippen molar-refractivity contribution in [2.75, 3.05) is 0 Å². The van der Waals surface area contributed by atoms with Gasteiger partial charge in [-0.3, -0.25) is 9.59 Å². The van der Waals surface area contributed by atoms with Crippen molar-refractivity contribution in [3.05, 3.63) is 70.8 Å². The second-order valence-corrected chi connectivity index (χ2v) is 4.85. The van der Waals surface area contributed by atoms with Crippen LogP contribution in [0.5, 0.6) is 11.5 Å². The van der Waals surface area contributed by atoms with Crippen LogP contribution in [-0.2, 0) is 6.42 Å². The molecule has 2 aromatic rings. The molecular formula is C17H12O4. The van der Waals surface area contributed by atoms with Crippen LogP contribution in [-0.4, -0.2) is 21.8 Å². The van der Waals surface area contributed by atoms with Gasteiger partial charge in [0.25, 0.3) is 0 Å². The lowest BCUT2D eigenvalue weighted by Crippen LogP contribution is -2.21. The van der Waals surface area contributed by atoms with E-state index in [9.17, 15) is 19.8 Å². The molecule has 4 nitrogen and oxygen atoms in total. The number of carbonyl (C=O) groups is 2. The Morgan fingerprint density at radius 3 is 2.38 bits per heavy atom. The van der Waals surface area contributed by atoms with Crippen molar-refractivity contribution in [3.8, 4) is 11.5 Å². The molecule has 0 saturated carbocycles. The van der Waals surface area contributed by atoms with Crippen LogP contribution in [0.3, 0.4) is 0 Å². The molecular weight excluding hydrogens is 268 g/mol. The quantitative estimate of drug-likeness (QED) is 0.708. The lowest BCUT2D eigenvalue weighted by atomic mass is 9.82. The van der Waals surface area contributed by atoms with Gasteiger partial charge in [0.05, 0.1) is 11.1 Å². The summed E-state index contributed by atoms with van der Waals surface area (Å²) in [7, 11) is 0. The molecule has 1 aliphatic rings. The average Bonchev–Trinajstić information content (AvgIpc) is 2.46. The summed E-state index contributed by atoms with van der Waals surface area (Å²) in [5.41, 5.74) is 0.727. The summed E-state index contributed by atoms with van der Waals surface area (Å²) in [6.07, 6.45) is 1.98. The second kappa shape index (κ2) is 4.59. The van der Waals surface area contributed by atoms with Crippen LogP contribution < -0.4 is 0 Å². The van der Waals surface area contributed by atoms with Crippen molar-refractivity contribution in [3.63, 3.8) is 0 Å². The van der Waals surface area contributed by atoms with E-state index in [1.165, 1.54) is 24.3 Å². The molecule has 104 valence electrons. The summed E-state index contributed by atoms with van der Waals surface area (Å²) in [5, 5.41) is 20.1. The standard InChI is InChI=1S/C17H12O4/c1-2-4-9-7-8-11-14(15(9)19)17(21)13-10(16(11)20)5-3-6-12(13)18/h2-3,5-8,18-19H,1,4H2. The first-order valence-corrected chi connectivity index (χ1v) is 6.43. The maximum absolute atomic E-state index is 12.6. The minimum atomic E-state index is -0.541. The largest absolute Gasteiger partial charge is 0.507 e. The molecule has 2 N–H and O–H groups in total. The van der Waals surface area contributed by atoms with Crippen molar-refractivity contribution < 1.29 is 19.8 Å². The van der Waals surface area contributed by atoms with Crippen LogP contribution in [0.15, 0.2) is 43.0 Å². The van der Waals surface area contributed by atoms with E-state index in [4.69, 9.17) is 0 Å². The van der Waals surface area contributed by atoms with Gasteiger partial charge in [-0.2, -0.15) is 0 Å². The van der Waals surface area contributed by atoms with Crippen molar-refractivity contribution in [2.24, 2.45) is 0 Å². The highest BCUT2D eigenvalue weighted by Crippen LogP contribution is 2.37. The van der Waals surface area contributed by atoms with Gasteiger partial charge >= 0.3 is 0 Å². The fourth-order valence-electron chi connectivity index (χ4n) is 2.61. The fraction of sp³-hybridized carbons (Fsp3) is 0.0588. The van der Waals surface area contributed by atoms with E-state index in [2.05, 4.69) is 6.58 Å². The molecule has 0 bridgehead atoms. The fourth-order valence-corrected chi connectivity index (χ4v) is 2.61.